The fraction of sp³-hybridized carbons (Fsp3) is 0.222. The Kier molecular flexibility index (Phi) is 4.73. The van der Waals surface area contributed by atoms with Crippen LogP contribution in [0.1, 0.15) is 18.5 Å². The van der Waals surface area contributed by atoms with Gasteiger partial charge in [-0.3, -0.25) is 24.1 Å². The van der Waals surface area contributed by atoms with E-state index in [1.165, 1.54) is 35.7 Å². The lowest BCUT2D eigenvalue weighted by molar-refractivity contribution is -0.138. The molecular formula is C18H14Cl2N2O4. The topological polar surface area (TPSA) is 76.5 Å². The number of benzene rings is 1. The zero-order chi connectivity index (χ0) is 19.2. The first-order chi connectivity index (χ1) is 12.2. The maximum atomic E-state index is 12.6. The van der Waals surface area contributed by atoms with Crippen LogP contribution in [0.25, 0.3) is 0 Å². The number of pyridine rings is 1. The molecule has 3 rings (SSSR count). The van der Waals surface area contributed by atoms with Crippen molar-refractivity contribution in [3.05, 3.63) is 62.5 Å². The summed E-state index contributed by atoms with van der Waals surface area (Å²) in [5.41, 5.74) is 0.414. The van der Waals surface area contributed by atoms with Gasteiger partial charge in [0, 0.05) is 18.3 Å². The fourth-order valence-corrected chi connectivity index (χ4v) is 3.51. The van der Waals surface area contributed by atoms with Crippen LogP contribution < -0.4 is 10.5 Å². The average Bonchev–Trinajstić information content (AvgIpc) is 2.84. The molecule has 0 aliphatic carbocycles. The predicted octanol–water partition coefficient (Wildman–Crippen LogP) is 2.55. The van der Waals surface area contributed by atoms with Crippen LogP contribution >= 0.6 is 23.2 Å². The molecule has 0 saturated carbocycles. The summed E-state index contributed by atoms with van der Waals surface area (Å²) < 4.78 is 1.22. The minimum absolute atomic E-state index is 0.0913. The molecule has 1 saturated heterocycles. The van der Waals surface area contributed by atoms with Gasteiger partial charge in [-0.05, 0) is 30.7 Å². The van der Waals surface area contributed by atoms with E-state index in [4.69, 9.17) is 23.2 Å². The first-order valence-electron chi connectivity index (χ1n) is 7.72. The van der Waals surface area contributed by atoms with Crippen molar-refractivity contribution in [3.63, 3.8) is 0 Å². The summed E-state index contributed by atoms with van der Waals surface area (Å²) in [5.74, 6) is -3.16. The van der Waals surface area contributed by atoms with Gasteiger partial charge < -0.3 is 4.57 Å². The number of amides is 1. The Morgan fingerprint density at radius 1 is 1.08 bits per heavy atom. The highest BCUT2D eigenvalue weighted by molar-refractivity contribution is 6.48. The van der Waals surface area contributed by atoms with Crippen LogP contribution in [0, 0.1) is 5.92 Å². The molecule has 1 aromatic carbocycles. The molecule has 0 bridgehead atoms. The van der Waals surface area contributed by atoms with Gasteiger partial charge in [-0.15, -0.1) is 0 Å². The van der Waals surface area contributed by atoms with Gasteiger partial charge in [-0.25, -0.2) is 0 Å². The Bertz CT molecular complexity index is 955. The minimum atomic E-state index is -1.14. The standard InChI is InChI=1S/C18H14Cl2N2O4/c1-9(23)14-15(10-3-5-11(19)6-4-10)22(18(26)16(14)24)12-7-13(20)17(25)21(2)8-12/h3-8,14-15H,1-2H3. The van der Waals surface area contributed by atoms with E-state index in [2.05, 4.69) is 0 Å². The van der Waals surface area contributed by atoms with E-state index in [1.807, 2.05) is 0 Å². The Morgan fingerprint density at radius 3 is 2.23 bits per heavy atom. The second-order valence-corrected chi connectivity index (χ2v) is 6.93. The molecule has 26 heavy (non-hydrogen) atoms. The Balaban J connectivity index is 2.22. The number of halogens is 2. The zero-order valence-corrected chi connectivity index (χ0v) is 15.4. The lowest BCUT2D eigenvalue weighted by Gasteiger charge is -2.27. The lowest BCUT2D eigenvalue weighted by atomic mass is 9.90. The van der Waals surface area contributed by atoms with Gasteiger partial charge in [0.15, 0.2) is 0 Å². The Labute approximate surface area is 158 Å². The number of nitrogens with zero attached hydrogens (tertiary/aromatic N) is 2. The highest BCUT2D eigenvalue weighted by atomic mass is 35.5. The smallest absolute Gasteiger partial charge is 0.295 e. The number of ketones is 2. The maximum absolute atomic E-state index is 12.6. The van der Waals surface area contributed by atoms with E-state index in [0.29, 0.717) is 10.6 Å². The van der Waals surface area contributed by atoms with Crippen molar-refractivity contribution >= 4 is 46.4 Å². The third-order valence-corrected chi connectivity index (χ3v) is 4.88. The SMILES string of the molecule is CC(=O)C1C(=O)C(=O)N(c2cc(Cl)c(=O)n(C)c2)C1c1ccc(Cl)cc1. The summed E-state index contributed by atoms with van der Waals surface area (Å²) in [4.78, 5) is 50.3. The zero-order valence-electron chi connectivity index (χ0n) is 13.9. The molecule has 2 heterocycles. The highest BCUT2D eigenvalue weighted by Crippen LogP contribution is 2.40. The molecule has 0 N–H and O–H groups in total. The van der Waals surface area contributed by atoms with Crippen molar-refractivity contribution in [2.45, 2.75) is 13.0 Å². The molecule has 1 fully saturated rings. The molecule has 1 aliphatic rings. The van der Waals surface area contributed by atoms with E-state index in [0.717, 1.165) is 0 Å². The molecule has 8 heteroatoms. The quantitative estimate of drug-likeness (QED) is 0.593. The van der Waals surface area contributed by atoms with E-state index < -0.39 is 35.0 Å². The molecule has 2 unspecified atom stereocenters. The van der Waals surface area contributed by atoms with Crippen molar-refractivity contribution < 1.29 is 14.4 Å². The van der Waals surface area contributed by atoms with Gasteiger partial charge >= 0.3 is 0 Å². The van der Waals surface area contributed by atoms with Gasteiger partial charge in [0.2, 0.25) is 5.78 Å². The van der Waals surface area contributed by atoms with Crippen LogP contribution in [0.15, 0.2) is 41.3 Å². The van der Waals surface area contributed by atoms with Gasteiger partial charge in [0.1, 0.15) is 16.7 Å². The van der Waals surface area contributed by atoms with Crippen molar-refractivity contribution in [2.24, 2.45) is 13.0 Å². The van der Waals surface area contributed by atoms with E-state index in [1.54, 1.807) is 24.3 Å². The molecule has 0 spiro atoms. The molecule has 2 aromatic rings. The average molecular weight is 393 g/mol. The molecule has 1 aliphatic heterocycles. The molecule has 0 radical (unpaired) electrons. The number of hydrogen-bond acceptors (Lipinski definition) is 4. The number of hydrogen-bond donors (Lipinski definition) is 0. The van der Waals surface area contributed by atoms with Crippen molar-refractivity contribution in [3.8, 4) is 0 Å². The first kappa shape index (κ1) is 18.4. The normalized spacial score (nSPS) is 19.9. The molecular weight excluding hydrogens is 379 g/mol. The number of rotatable bonds is 3. The summed E-state index contributed by atoms with van der Waals surface area (Å²) >= 11 is 11.9. The number of aromatic nitrogens is 1. The van der Waals surface area contributed by atoms with Crippen molar-refractivity contribution in [1.82, 2.24) is 4.57 Å². The highest BCUT2D eigenvalue weighted by Gasteiger charge is 2.51. The van der Waals surface area contributed by atoms with E-state index in [-0.39, 0.29) is 10.7 Å². The molecule has 6 nitrogen and oxygen atoms in total. The maximum Gasteiger partial charge on any atom is 0.295 e. The molecule has 2 atom stereocenters. The summed E-state index contributed by atoms with van der Waals surface area (Å²) in [6.45, 7) is 1.27. The van der Waals surface area contributed by atoms with Gasteiger partial charge in [0.05, 0.1) is 11.7 Å². The Hall–Kier alpha value is -2.44. The number of aryl methyl sites for hydroxylation is 1. The van der Waals surface area contributed by atoms with Crippen LogP contribution in [0.4, 0.5) is 5.69 Å². The summed E-state index contributed by atoms with van der Waals surface area (Å²) in [5, 5.41) is 0.395. The third kappa shape index (κ3) is 2.95. The molecule has 1 aromatic heterocycles. The number of carbonyl (C=O) groups is 3. The second-order valence-electron chi connectivity index (χ2n) is 6.09. The molecule has 1 amide bonds. The second kappa shape index (κ2) is 6.70. The number of Topliss-reactive ketones (excluding diaryl/α,β-unsaturated/α-hetero) is 2. The Morgan fingerprint density at radius 2 is 1.69 bits per heavy atom. The van der Waals surface area contributed by atoms with Crippen LogP contribution in [-0.2, 0) is 21.4 Å². The van der Waals surface area contributed by atoms with Crippen molar-refractivity contribution in [2.75, 3.05) is 4.90 Å². The summed E-state index contributed by atoms with van der Waals surface area (Å²) in [7, 11) is 1.49. The molecule has 134 valence electrons. The van der Waals surface area contributed by atoms with Gasteiger partial charge in [0.25, 0.3) is 11.5 Å². The van der Waals surface area contributed by atoms with Crippen molar-refractivity contribution in [1.29, 1.82) is 0 Å². The van der Waals surface area contributed by atoms with Gasteiger partial charge in [-0.2, -0.15) is 0 Å². The summed E-state index contributed by atoms with van der Waals surface area (Å²) in [6, 6.07) is 7.04. The summed E-state index contributed by atoms with van der Waals surface area (Å²) in [6.07, 6.45) is 1.41. The minimum Gasteiger partial charge on any atom is -0.315 e. The van der Waals surface area contributed by atoms with Crippen LogP contribution in [0.2, 0.25) is 10.0 Å². The number of carbonyl (C=O) groups excluding carboxylic acids is 3. The largest absolute Gasteiger partial charge is 0.315 e. The van der Waals surface area contributed by atoms with Gasteiger partial charge in [-0.1, -0.05) is 35.3 Å². The van der Waals surface area contributed by atoms with Crippen LogP contribution in [-0.4, -0.2) is 22.0 Å². The first-order valence-corrected chi connectivity index (χ1v) is 8.47. The van der Waals surface area contributed by atoms with E-state index >= 15 is 0 Å². The fourth-order valence-electron chi connectivity index (χ4n) is 3.14. The third-order valence-electron chi connectivity index (χ3n) is 4.36. The number of anilines is 1. The monoisotopic (exact) mass is 392 g/mol. The van der Waals surface area contributed by atoms with Crippen LogP contribution in [0.3, 0.4) is 0 Å². The van der Waals surface area contributed by atoms with E-state index in [9.17, 15) is 19.2 Å². The lowest BCUT2D eigenvalue weighted by Crippen LogP contribution is -2.31. The predicted molar refractivity (Wildman–Crippen MR) is 97.6 cm³/mol. The van der Waals surface area contributed by atoms with Crippen LogP contribution in [0.5, 0.6) is 0 Å².